The lowest BCUT2D eigenvalue weighted by atomic mass is 10.1. The van der Waals surface area contributed by atoms with Gasteiger partial charge < -0.3 is 14.8 Å². The van der Waals surface area contributed by atoms with Gasteiger partial charge in [0.25, 0.3) is 5.91 Å². The molecule has 1 atom stereocenters. The van der Waals surface area contributed by atoms with E-state index in [4.69, 9.17) is 9.47 Å². The topological polar surface area (TPSA) is 102 Å². The van der Waals surface area contributed by atoms with Crippen molar-refractivity contribution in [1.29, 1.82) is 0 Å². The molecule has 8 nitrogen and oxygen atoms in total. The van der Waals surface area contributed by atoms with Crippen molar-refractivity contribution in [3.8, 4) is 0 Å². The molecule has 0 unspecified atom stereocenters. The van der Waals surface area contributed by atoms with E-state index < -0.39 is 28.0 Å². The summed E-state index contributed by atoms with van der Waals surface area (Å²) in [6.07, 6.45) is -1.02. The first-order chi connectivity index (χ1) is 12.7. The smallest absolute Gasteiger partial charge is 0.339 e. The van der Waals surface area contributed by atoms with Crippen molar-refractivity contribution >= 4 is 21.9 Å². The Hall–Kier alpha value is -1.97. The average molecular weight is 400 g/mol. The standard InChI is InChI=1S/C18H28N2O6S/c1-6-20(7-2)27(23,24)15-9-8-13(3)16(12-15)18(22)26-14(4)17(21)19-10-11-25-5/h8-9,12,14H,6-7,10-11H2,1-5H3,(H,19,21)/t14-/m0/s1. The molecule has 0 saturated heterocycles. The molecular formula is C18H28N2O6S. The van der Waals surface area contributed by atoms with Crippen molar-refractivity contribution in [2.24, 2.45) is 0 Å². The van der Waals surface area contributed by atoms with E-state index in [0.717, 1.165) is 0 Å². The van der Waals surface area contributed by atoms with Gasteiger partial charge in [-0.05, 0) is 31.5 Å². The lowest BCUT2D eigenvalue weighted by Crippen LogP contribution is -2.37. The Kier molecular flexibility index (Phi) is 8.87. The SMILES string of the molecule is CCN(CC)S(=O)(=O)c1ccc(C)c(C(=O)O[C@@H](C)C(=O)NCCOC)c1. The van der Waals surface area contributed by atoms with Crippen molar-refractivity contribution < 1.29 is 27.5 Å². The zero-order chi connectivity index (χ0) is 20.6. The summed E-state index contributed by atoms with van der Waals surface area (Å²) in [5.74, 6) is -1.21. The highest BCUT2D eigenvalue weighted by Gasteiger charge is 2.25. The Morgan fingerprint density at radius 2 is 1.85 bits per heavy atom. The number of hydrogen-bond acceptors (Lipinski definition) is 6. The summed E-state index contributed by atoms with van der Waals surface area (Å²) in [4.78, 5) is 24.4. The highest BCUT2D eigenvalue weighted by Crippen LogP contribution is 2.20. The molecule has 0 bridgehead atoms. The predicted molar refractivity (Wildman–Crippen MR) is 101 cm³/mol. The van der Waals surface area contributed by atoms with Gasteiger partial charge in [0, 0.05) is 26.7 Å². The number of hydrogen-bond donors (Lipinski definition) is 1. The lowest BCUT2D eigenvalue weighted by molar-refractivity contribution is -0.129. The molecule has 0 radical (unpaired) electrons. The van der Waals surface area contributed by atoms with Gasteiger partial charge in [-0.15, -0.1) is 0 Å². The summed E-state index contributed by atoms with van der Waals surface area (Å²) < 4.78 is 36.6. The van der Waals surface area contributed by atoms with Crippen LogP contribution in [-0.4, -0.2) is 64.1 Å². The largest absolute Gasteiger partial charge is 0.449 e. The van der Waals surface area contributed by atoms with Crippen molar-refractivity contribution in [3.63, 3.8) is 0 Å². The summed E-state index contributed by atoms with van der Waals surface area (Å²) in [6, 6.07) is 4.30. The molecule has 1 aromatic rings. The van der Waals surface area contributed by atoms with E-state index >= 15 is 0 Å². The van der Waals surface area contributed by atoms with Crippen LogP contribution in [0.3, 0.4) is 0 Å². The molecule has 9 heteroatoms. The molecule has 27 heavy (non-hydrogen) atoms. The summed E-state index contributed by atoms with van der Waals surface area (Å²) in [6.45, 7) is 7.91. The van der Waals surface area contributed by atoms with Crippen molar-refractivity contribution in [3.05, 3.63) is 29.3 Å². The van der Waals surface area contributed by atoms with Gasteiger partial charge >= 0.3 is 5.97 Å². The van der Waals surface area contributed by atoms with Crippen LogP contribution in [0.2, 0.25) is 0 Å². The normalized spacial score (nSPS) is 12.7. The van der Waals surface area contributed by atoms with E-state index in [0.29, 0.717) is 31.8 Å². The molecule has 0 fully saturated rings. The van der Waals surface area contributed by atoms with E-state index in [1.165, 1.54) is 30.5 Å². The minimum Gasteiger partial charge on any atom is -0.449 e. The Labute approximate surface area is 160 Å². The molecule has 0 saturated carbocycles. The fourth-order valence-corrected chi connectivity index (χ4v) is 3.88. The molecular weight excluding hydrogens is 372 g/mol. The number of methoxy groups -OCH3 is 1. The monoisotopic (exact) mass is 400 g/mol. The van der Waals surface area contributed by atoms with Crippen molar-refractivity contribution in [2.75, 3.05) is 33.4 Å². The third kappa shape index (κ3) is 6.02. The lowest BCUT2D eigenvalue weighted by Gasteiger charge is -2.19. The molecule has 1 aromatic carbocycles. The zero-order valence-corrected chi connectivity index (χ0v) is 17.3. The van der Waals surface area contributed by atoms with Crippen LogP contribution >= 0.6 is 0 Å². The van der Waals surface area contributed by atoms with Gasteiger partial charge in [0.15, 0.2) is 6.10 Å². The second-order valence-corrected chi connectivity index (χ2v) is 7.84. The number of carbonyl (C=O) groups is 2. The quantitative estimate of drug-likeness (QED) is 0.470. The predicted octanol–water partition coefficient (Wildman–Crippen LogP) is 1.33. The van der Waals surface area contributed by atoms with Crippen LogP contribution in [0.4, 0.5) is 0 Å². The number of rotatable bonds is 10. The highest BCUT2D eigenvalue weighted by molar-refractivity contribution is 7.89. The molecule has 0 aliphatic rings. The maximum absolute atomic E-state index is 12.7. The number of nitrogens with zero attached hydrogens (tertiary/aromatic N) is 1. The van der Waals surface area contributed by atoms with Gasteiger partial charge in [0.1, 0.15) is 0 Å². The summed E-state index contributed by atoms with van der Waals surface area (Å²) in [7, 11) is -2.19. The first-order valence-electron chi connectivity index (χ1n) is 8.77. The Morgan fingerprint density at radius 1 is 1.22 bits per heavy atom. The summed E-state index contributed by atoms with van der Waals surface area (Å²) in [5.41, 5.74) is 0.672. The van der Waals surface area contributed by atoms with Gasteiger partial charge in [-0.25, -0.2) is 13.2 Å². The van der Waals surface area contributed by atoms with Crippen LogP contribution in [0, 0.1) is 6.92 Å². The van der Waals surface area contributed by atoms with E-state index in [2.05, 4.69) is 5.32 Å². The first kappa shape index (κ1) is 23.1. The van der Waals surface area contributed by atoms with Crippen LogP contribution in [0.15, 0.2) is 23.1 Å². The van der Waals surface area contributed by atoms with Gasteiger partial charge in [-0.2, -0.15) is 4.31 Å². The molecule has 0 heterocycles. The van der Waals surface area contributed by atoms with E-state index in [9.17, 15) is 18.0 Å². The minimum absolute atomic E-state index is 0.0148. The van der Waals surface area contributed by atoms with Crippen LogP contribution in [0.5, 0.6) is 0 Å². The van der Waals surface area contributed by atoms with Crippen molar-refractivity contribution in [1.82, 2.24) is 9.62 Å². The highest BCUT2D eigenvalue weighted by atomic mass is 32.2. The number of benzene rings is 1. The molecule has 1 N–H and O–H groups in total. The third-order valence-corrected chi connectivity index (χ3v) is 6.08. The third-order valence-electron chi connectivity index (χ3n) is 4.03. The fourth-order valence-electron chi connectivity index (χ4n) is 2.39. The molecule has 0 aliphatic heterocycles. The second-order valence-electron chi connectivity index (χ2n) is 5.90. The minimum atomic E-state index is -3.70. The zero-order valence-electron chi connectivity index (χ0n) is 16.4. The fraction of sp³-hybridized carbons (Fsp3) is 0.556. The number of nitrogens with one attached hydrogen (secondary N) is 1. The first-order valence-corrected chi connectivity index (χ1v) is 10.2. The van der Waals surface area contributed by atoms with E-state index in [1.807, 2.05) is 0 Å². The number of amides is 1. The van der Waals surface area contributed by atoms with Crippen LogP contribution in [0.25, 0.3) is 0 Å². The number of aryl methyl sites for hydroxylation is 1. The van der Waals surface area contributed by atoms with E-state index in [-0.39, 0.29) is 10.5 Å². The summed E-state index contributed by atoms with van der Waals surface area (Å²) in [5, 5.41) is 2.58. The maximum atomic E-state index is 12.7. The average Bonchev–Trinajstić information content (AvgIpc) is 2.62. The van der Waals surface area contributed by atoms with Gasteiger partial charge in [0.05, 0.1) is 17.1 Å². The number of esters is 1. The maximum Gasteiger partial charge on any atom is 0.339 e. The number of ether oxygens (including phenoxy) is 2. The molecule has 0 aromatic heterocycles. The second kappa shape index (κ2) is 10.4. The van der Waals surface area contributed by atoms with Gasteiger partial charge in [-0.1, -0.05) is 19.9 Å². The molecule has 0 aliphatic carbocycles. The molecule has 1 amide bonds. The van der Waals surface area contributed by atoms with Crippen LogP contribution < -0.4 is 5.32 Å². The molecule has 1 rings (SSSR count). The molecule has 0 spiro atoms. The Morgan fingerprint density at radius 3 is 2.41 bits per heavy atom. The van der Waals surface area contributed by atoms with Crippen LogP contribution in [-0.2, 0) is 24.3 Å². The Balaban J connectivity index is 3.00. The van der Waals surface area contributed by atoms with Gasteiger partial charge in [0.2, 0.25) is 10.0 Å². The van der Waals surface area contributed by atoms with E-state index in [1.54, 1.807) is 26.8 Å². The van der Waals surface area contributed by atoms with Crippen LogP contribution in [0.1, 0.15) is 36.7 Å². The molecule has 152 valence electrons. The summed E-state index contributed by atoms with van der Waals surface area (Å²) >= 11 is 0. The number of carbonyl (C=O) groups excluding carboxylic acids is 2. The number of sulfonamides is 1. The Bertz CT molecular complexity index is 759. The van der Waals surface area contributed by atoms with Gasteiger partial charge in [-0.3, -0.25) is 4.79 Å². The van der Waals surface area contributed by atoms with Crippen molar-refractivity contribution in [2.45, 2.75) is 38.7 Å².